The van der Waals surface area contributed by atoms with Gasteiger partial charge in [0.05, 0.1) is 5.56 Å². The molecule has 0 unspecified atom stereocenters. The van der Waals surface area contributed by atoms with Crippen LogP contribution in [0.15, 0.2) is 24.3 Å². The number of fused-ring (bicyclic) bond motifs is 1. The summed E-state index contributed by atoms with van der Waals surface area (Å²) in [5.74, 6) is -0.131. The molecule has 23 heavy (non-hydrogen) atoms. The molecule has 1 aromatic heterocycles. The molecule has 0 aliphatic heterocycles. The highest BCUT2D eigenvalue weighted by Gasteiger charge is 2.21. The van der Waals surface area contributed by atoms with E-state index in [2.05, 4.69) is 11.4 Å². The molecular formula is C19H20N2OS. The average Bonchev–Trinajstić information content (AvgIpc) is 2.83. The summed E-state index contributed by atoms with van der Waals surface area (Å²) >= 11 is 1.58. The molecule has 0 atom stereocenters. The molecule has 1 amide bonds. The monoisotopic (exact) mass is 324 g/mol. The van der Waals surface area contributed by atoms with E-state index in [9.17, 15) is 10.1 Å². The highest BCUT2D eigenvalue weighted by atomic mass is 32.1. The second kappa shape index (κ2) is 6.97. The number of benzene rings is 1. The molecule has 0 spiro atoms. The maximum absolute atomic E-state index is 12.5. The molecule has 1 aromatic carbocycles. The number of rotatable bonds is 2. The number of nitriles is 1. The number of carbonyl (C=O) groups excluding carboxylic acids is 1. The normalized spacial score (nSPS) is 14.3. The van der Waals surface area contributed by atoms with E-state index in [1.54, 1.807) is 11.3 Å². The van der Waals surface area contributed by atoms with Gasteiger partial charge in [-0.15, -0.1) is 11.3 Å². The second-order valence-electron chi connectivity index (χ2n) is 6.00. The number of carbonyl (C=O) groups is 1. The van der Waals surface area contributed by atoms with Crippen LogP contribution in [0.5, 0.6) is 0 Å². The van der Waals surface area contributed by atoms with E-state index in [1.165, 1.54) is 24.1 Å². The molecule has 2 aromatic rings. The van der Waals surface area contributed by atoms with Gasteiger partial charge in [0.2, 0.25) is 0 Å². The van der Waals surface area contributed by atoms with Gasteiger partial charge in [-0.2, -0.15) is 5.26 Å². The van der Waals surface area contributed by atoms with Crippen LogP contribution < -0.4 is 5.32 Å². The van der Waals surface area contributed by atoms with Crippen LogP contribution in [0.2, 0.25) is 0 Å². The predicted octanol–water partition coefficient (Wildman–Crippen LogP) is 4.84. The van der Waals surface area contributed by atoms with Crippen molar-refractivity contribution in [1.82, 2.24) is 0 Å². The van der Waals surface area contributed by atoms with Gasteiger partial charge in [-0.05, 0) is 49.8 Å². The van der Waals surface area contributed by atoms with Gasteiger partial charge in [-0.25, -0.2) is 0 Å². The van der Waals surface area contributed by atoms with Gasteiger partial charge < -0.3 is 5.32 Å². The van der Waals surface area contributed by atoms with E-state index < -0.39 is 0 Å². The Morgan fingerprint density at radius 1 is 1.17 bits per heavy atom. The summed E-state index contributed by atoms with van der Waals surface area (Å²) in [5.41, 5.74) is 3.45. The number of thiophene rings is 1. The van der Waals surface area contributed by atoms with E-state index in [1.807, 2.05) is 31.2 Å². The fraction of sp³-hybridized carbons (Fsp3) is 0.368. The lowest BCUT2D eigenvalue weighted by atomic mass is 9.97. The van der Waals surface area contributed by atoms with Gasteiger partial charge >= 0.3 is 0 Å². The number of hydrogen-bond acceptors (Lipinski definition) is 3. The van der Waals surface area contributed by atoms with Gasteiger partial charge in [-0.1, -0.05) is 31.0 Å². The van der Waals surface area contributed by atoms with Crippen LogP contribution in [-0.4, -0.2) is 5.91 Å². The molecule has 3 rings (SSSR count). The molecule has 0 fully saturated rings. The zero-order valence-electron chi connectivity index (χ0n) is 13.3. The molecule has 3 nitrogen and oxygen atoms in total. The van der Waals surface area contributed by atoms with Crippen LogP contribution in [0.3, 0.4) is 0 Å². The van der Waals surface area contributed by atoms with E-state index in [4.69, 9.17) is 0 Å². The molecule has 4 heteroatoms. The topological polar surface area (TPSA) is 52.9 Å². The van der Waals surface area contributed by atoms with Gasteiger partial charge in [0.1, 0.15) is 11.1 Å². The lowest BCUT2D eigenvalue weighted by Crippen LogP contribution is -2.13. The maximum atomic E-state index is 12.5. The molecule has 1 N–H and O–H groups in total. The SMILES string of the molecule is Cc1ccccc1C(=O)Nc1sc2c(c1C#N)CCCCCC2. The van der Waals surface area contributed by atoms with E-state index >= 15 is 0 Å². The number of nitrogens with one attached hydrogen (secondary N) is 1. The van der Waals surface area contributed by atoms with Crippen molar-refractivity contribution >= 4 is 22.2 Å². The Morgan fingerprint density at radius 3 is 2.65 bits per heavy atom. The summed E-state index contributed by atoms with van der Waals surface area (Å²) in [7, 11) is 0. The van der Waals surface area contributed by atoms with Crippen molar-refractivity contribution in [3.05, 3.63) is 51.4 Å². The van der Waals surface area contributed by atoms with Crippen molar-refractivity contribution in [2.24, 2.45) is 0 Å². The Morgan fingerprint density at radius 2 is 1.91 bits per heavy atom. The van der Waals surface area contributed by atoms with Crippen LogP contribution in [-0.2, 0) is 12.8 Å². The minimum absolute atomic E-state index is 0.131. The van der Waals surface area contributed by atoms with Crippen LogP contribution in [0, 0.1) is 18.3 Å². The summed E-state index contributed by atoms with van der Waals surface area (Å²) in [5, 5.41) is 13.3. The van der Waals surface area contributed by atoms with E-state index in [0.717, 1.165) is 30.4 Å². The highest BCUT2D eigenvalue weighted by Crippen LogP contribution is 2.36. The summed E-state index contributed by atoms with van der Waals surface area (Å²) in [4.78, 5) is 13.8. The molecular weight excluding hydrogens is 304 g/mol. The highest BCUT2D eigenvalue weighted by molar-refractivity contribution is 7.16. The van der Waals surface area contributed by atoms with Crippen molar-refractivity contribution in [2.45, 2.75) is 45.4 Å². The third-order valence-electron chi connectivity index (χ3n) is 4.40. The van der Waals surface area contributed by atoms with Crippen molar-refractivity contribution in [3.8, 4) is 6.07 Å². The Kier molecular flexibility index (Phi) is 4.78. The minimum atomic E-state index is -0.131. The quantitative estimate of drug-likeness (QED) is 0.859. The third-order valence-corrected chi connectivity index (χ3v) is 5.61. The first-order valence-corrected chi connectivity index (χ1v) is 8.94. The molecule has 0 bridgehead atoms. The van der Waals surface area contributed by atoms with Crippen LogP contribution >= 0.6 is 11.3 Å². The van der Waals surface area contributed by atoms with Crippen LogP contribution in [0.25, 0.3) is 0 Å². The van der Waals surface area contributed by atoms with Gasteiger partial charge in [-0.3, -0.25) is 4.79 Å². The molecule has 1 aliphatic carbocycles. The number of anilines is 1. The van der Waals surface area contributed by atoms with Crippen molar-refractivity contribution in [3.63, 3.8) is 0 Å². The Bertz CT molecular complexity index is 770. The van der Waals surface area contributed by atoms with E-state index in [0.29, 0.717) is 16.1 Å². The molecule has 0 saturated carbocycles. The maximum Gasteiger partial charge on any atom is 0.256 e. The Hall–Kier alpha value is -2.12. The smallest absolute Gasteiger partial charge is 0.256 e. The largest absolute Gasteiger partial charge is 0.312 e. The molecule has 1 heterocycles. The van der Waals surface area contributed by atoms with Crippen LogP contribution in [0.4, 0.5) is 5.00 Å². The average molecular weight is 324 g/mol. The lowest BCUT2D eigenvalue weighted by Gasteiger charge is -2.08. The number of hydrogen-bond donors (Lipinski definition) is 1. The lowest BCUT2D eigenvalue weighted by molar-refractivity contribution is 0.102. The second-order valence-corrected chi connectivity index (χ2v) is 7.11. The van der Waals surface area contributed by atoms with E-state index in [-0.39, 0.29) is 5.91 Å². The van der Waals surface area contributed by atoms with Crippen molar-refractivity contribution in [2.75, 3.05) is 5.32 Å². The minimum Gasteiger partial charge on any atom is -0.312 e. The molecule has 118 valence electrons. The van der Waals surface area contributed by atoms with Crippen LogP contribution in [0.1, 0.15) is 57.6 Å². The first-order valence-electron chi connectivity index (χ1n) is 8.12. The van der Waals surface area contributed by atoms with Gasteiger partial charge in [0, 0.05) is 10.4 Å². The Labute approximate surface area is 141 Å². The predicted molar refractivity (Wildman–Crippen MR) is 94.0 cm³/mol. The summed E-state index contributed by atoms with van der Waals surface area (Å²) in [6.45, 7) is 1.92. The summed E-state index contributed by atoms with van der Waals surface area (Å²) < 4.78 is 0. The number of aryl methyl sites for hydroxylation is 2. The first kappa shape index (κ1) is 15.8. The zero-order valence-corrected chi connectivity index (χ0v) is 14.1. The van der Waals surface area contributed by atoms with Gasteiger partial charge in [0.25, 0.3) is 5.91 Å². The Balaban J connectivity index is 1.91. The molecule has 1 aliphatic rings. The van der Waals surface area contributed by atoms with Crippen molar-refractivity contribution in [1.29, 1.82) is 5.26 Å². The molecule has 0 radical (unpaired) electrons. The fourth-order valence-electron chi connectivity index (χ4n) is 3.12. The molecule has 0 saturated heterocycles. The fourth-order valence-corrected chi connectivity index (χ4v) is 4.36. The standard InChI is InChI=1S/C19H20N2OS/c1-13-8-6-7-9-14(13)18(22)21-19-16(12-20)15-10-4-2-3-5-11-17(15)23-19/h6-9H,2-5,10-11H2,1H3,(H,21,22). The number of nitrogens with zero attached hydrogens (tertiary/aromatic N) is 1. The summed E-state index contributed by atoms with van der Waals surface area (Å²) in [6.07, 6.45) is 6.76. The first-order chi connectivity index (χ1) is 11.2. The van der Waals surface area contributed by atoms with Crippen molar-refractivity contribution < 1.29 is 4.79 Å². The van der Waals surface area contributed by atoms with Gasteiger partial charge in [0.15, 0.2) is 0 Å². The third kappa shape index (κ3) is 3.30. The summed E-state index contributed by atoms with van der Waals surface area (Å²) in [6, 6.07) is 9.85. The zero-order chi connectivity index (χ0) is 16.2. The number of amides is 1.